The molecule has 3 aliphatic carbocycles. The molecule has 0 heterocycles. The Morgan fingerprint density at radius 1 is 0.824 bits per heavy atom. The Bertz CT molecular complexity index is 1070. The van der Waals surface area contributed by atoms with Crippen molar-refractivity contribution >= 4 is 18.0 Å². The second kappa shape index (κ2) is 8.78. The number of nitrogens with one attached hydrogen (secondary N) is 2. The minimum atomic E-state index is -0.903. The number of hydrogen-bond donors (Lipinski definition) is 3. The molecule has 2 aromatic rings. The minimum Gasteiger partial charge on any atom is -0.481 e. The number of amides is 2. The number of ether oxygens (including phenoxy) is 1. The van der Waals surface area contributed by atoms with Crippen molar-refractivity contribution in [2.24, 2.45) is 0 Å². The summed E-state index contributed by atoms with van der Waals surface area (Å²) in [7, 11) is 0. The third-order valence-corrected chi connectivity index (χ3v) is 7.52. The average molecular weight is 463 g/mol. The van der Waals surface area contributed by atoms with Gasteiger partial charge in [-0.25, -0.2) is 4.79 Å². The summed E-state index contributed by atoms with van der Waals surface area (Å²) in [5, 5.41) is 15.2. The molecule has 0 bridgehead atoms. The first-order chi connectivity index (χ1) is 16.4. The van der Waals surface area contributed by atoms with E-state index < -0.39 is 23.1 Å². The van der Waals surface area contributed by atoms with Crippen LogP contribution < -0.4 is 10.6 Å². The molecule has 2 fully saturated rings. The van der Waals surface area contributed by atoms with Crippen LogP contribution in [0.3, 0.4) is 0 Å². The number of carbonyl (C=O) groups excluding carboxylic acids is 2. The van der Waals surface area contributed by atoms with Crippen LogP contribution in [0, 0.1) is 0 Å². The van der Waals surface area contributed by atoms with Crippen LogP contribution in [0.15, 0.2) is 48.5 Å². The highest BCUT2D eigenvalue weighted by molar-refractivity contribution is 5.82. The van der Waals surface area contributed by atoms with Crippen molar-refractivity contribution in [2.45, 2.75) is 68.4 Å². The molecule has 7 heteroatoms. The molecule has 0 aromatic heterocycles. The molecule has 3 N–H and O–H groups in total. The Kier molecular flexibility index (Phi) is 5.80. The highest BCUT2D eigenvalue weighted by Gasteiger charge is 2.48. The molecular weight excluding hydrogens is 432 g/mol. The van der Waals surface area contributed by atoms with Crippen molar-refractivity contribution in [3.63, 3.8) is 0 Å². The molecule has 7 nitrogen and oxygen atoms in total. The van der Waals surface area contributed by atoms with Crippen LogP contribution in [0.25, 0.3) is 11.1 Å². The van der Waals surface area contributed by atoms with E-state index in [2.05, 4.69) is 34.9 Å². The lowest BCUT2D eigenvalue weighted by Gasteiger charge is -2.29. The van der Waals surface area contributed by atoms with Gasteiger partial charge >= 0.3 is 12.1 Å². The Morgan fingerprint density at radius 2 is 1.38 bits per heavy atom. The number of hydrogen-bond acceptors (Lipinski definition) is 4. The maximum Gasteiger partial charge on any atom is 0.407 e. The van der Waals surface area contributed by atoms with Gasteiger partial charge in [-0.15, -0.1) is 0 Å². The molecule has 34 heavy (non-hydrogen) atoms. The van der Waals surface area contributed by atoms with Gasteiger partial charge in [-0.3, -0.25) is 9.59 Å². The number of aliphatic carboxylic acids is 1. The second-order valence-corrected chi connectivity index (χ2v) is 10.0. The van der Waals surface area contributed by atoms with Crippen molar-refractivity contribution in [1.82, 2.24) is 10.6 Å². The Hall–Kier alpha value is -3.35. The third kappa shape index (κ3) is 4.52. The molecule has 0 radical (unpaired) electrons. The molecule has 2 aromatic carbocycles. The minimum absolute atomic E-state index is 0.0187. The number of carboxylic acids is 1. The monoisotopic (exact) mass is 462 g/mol. The molecule has 3 aliphatic rings. The normalized spacial score (nSPS) is 19.1. The second-order valence-electron chi connectivity index (χ2n) is 10.0. The van der Waals surface area contributed by atoms with E-state index in [1.165, 1.54) is 11.1 Å². The van der Waals surface area contributed by atoms with Gasteiger partial charge in [0.15, 0.2) is 0 Å². The Labute approximate surface area is 198 Å². The molecule has 0 unspecified atom stereocenters. The molecule has 0 atom stereocenters. The van der Waals surface area contributed by atoms with E-state index >= 15 is 0 Å². The third-order valence-electron chi connectivity index (χ3n) is 7.52. The fourth-order valence-electron chi connectivity index (χ4n) is 5.68. The number of alkyl carbamates (subject to hydrolysis) is 1. The number of fused-ring (bicyclic) bond motifs is 3. The van der Waals surface area contributed by atoms with Crippen molar-refractivity contribution in [3.8, 4) is 11.1 Å². The van der Waals surface area contributed by atoms with Crippen LogP contribution in [0.1, 0.15) is 68.4 Å². The van der Waals surface area contributed by atoms with Gasteiger partial charge in [-0.05, 0) is 47.9 Å². The predicted molar refractivity (Wildman–Crippen MR) is 126 cm³/mol. The summed E-state index contributed by atoms with van der Waals surface area (Å²) in [6, 6.07) is 16.3. The summed E-state index contributed by atoms with van der Waals surface area (Å²) in [5.41, 5.74) is 3.38. The van der Waals surface area contributed by atoms with E-state index in [1.807, 2.05) is 24.3 Å². The van der Waals surface area contributed by atoms with E-state index in [0.29, 0.717) is 25.7 Å². The van der Waals surface area contributed by atoms with Gasteiger partial charge in [-0.2, -0.15) is 0 Å². The molecule has 2 saturated carbocycles. The first-order valence-electron chi connectivity index (χ1n) is 12.0. The zero-order chi connectivity index (χ0) is 23.8. The maximum atomic E-state index is 12.8. The van der Waals surface area contributed by atoms with E-state index in [-0.39, 0.29) is 31.3 Å². The van der Waals surface area contributed by atoms with Gasteiger partial charge in [0.2, 0.25) is 5.91 Å². The average Bonchev–Trinajstić information content (AvgIpc) is 3.25. The summed E-state index contributed by atoms with van der Waals surface area (Å²) in [5.74, 6) is -1.13. The number of carboxylic acid groups (broad SMARTS) is 1. The lowest BCUT2D eigenvalue weighted by molar-refractivity contribution is -0.139. The van der Waals surface area contributed by atoms with Crippen molar-refractivity contribution in [1.29, 1.82) is 0 Å². The maximum absolute atomic E-state index is 12.8. The van der Waals surface area contributed by atoms with E-state index in [9.17, 15) is 19.5 Å². The van der Waals surface area contributed by atoms with Crippen LogP contribution in [-0.4, -0.2) is 40.8 Å². The van der Waals surface area contributed by atoms with Gasteiger partial charge in [0.25, 0.3) is 0 Å². The summed E-state index contributed by atoms with van der Waals surface area (Å²) in [6.07, 6.45) is 4.15. The largest absolute Gasteiger partial charge is 0.481 e. The van der Waals surface area contributed by atoms with Gasteiger partial charge in [0, 0.05) is 12.3 Å². The molecule has 5 rings (SSSR count). The summed E-state index contributed by atoms with van der Waals surface area (Å²) < 4.78 is 5.64. The van der Waals surface area contributed by atoms with E-state index in [0.717, 1.165) is 24.0 Å². The zero-order valence-corrected chi connectivity index (χ0v) is 19.1. The van der Waals surface area contributed by atoms with Gasteiger partial charge < -0.3 is 20.5 Å². The van der Waals surface area contributed by atoms with Gasteiger partial charge in [-0.1, -0.05) is 61.4 Å². The van der Waals surface area contributed by atoms with Crippen LogP contribution in [-0.2, 0) is 14.3 Å². The van der Waals surface area contributed by atoms with E-state index in [4.69, 9.17) is 4.74 Å². The summed E-state index contributed by atoms with van der Waals surface area (Å²) >= 11 is 0. The Balaban J connectivity index is 1.18. The zero-order valence-electron chi connectivity index (χ0n) is 19.1. The SMILES string of the molecule is O=C(O)CC1(NC(=O)CC2(NC(=O)OCC3c4ccccc4-c4ccccc43)CC2)CCCC1. The number of benzene rings is 2. The quantitative estimate of drug-likeness (QED) is 0.541. The fraction of sp³-hybridized carbons (Fsp3) is 0.444. The molecule has 0 aliphatic heterocycles. The molecule has 0 saturated heterocycles. The van der Waals surface area contributed by atoms with Crippen molar-refractivity contribution in [2.75, 3.05) is 6.61 Å². The predicted octanol–water partition coefficient (Wildman–Crippen LogP) is 4.35. The van der Waals surface area contributed by atoms with Crippen LogP contribution in [0.2, 0.25) is 0 Å². The summed E-state index contributed by atoms with van der Waals surface area (Å²) in [6.45, 7) is 0.226. The lowest BCUT2D eigenvalue weighted by atomic mass is 9.92. The Morgan fingerprint density at radius 3 is 1.94 bits per heavy atom. The molecule has 0 spiro atoms. The van der Waals surface area contributed by atoms with Crippen molar-refractivity contribution in [3.05, 3.63) is 59.7 Å². The van der Waals surface area contributed by atoms with Crippen LogP contribution in [0.4, 0.5) is 4.79 Å². The topological polar surface area (TPSA) is 105 Å². The summed E-state index contributed by atoms with van der Waals surface area (Å²) in [4.78, 5) is 36.7. The number of carbonyl (C=O) groups is 3. The van der Waals surface area contributed by atoms with E-state index in [1.54, 1.807) is 0 Å². The number of rotatable bonds is 8. The highest BCUT2D eigenvalue weighted by atomic mass is 16.5. The molecule has 178 valence electrons. The first kappa shape index (κ1) is 22.4. The van der Waals surface area contributed by atoms with Gasteiger partial charge in [0.05, 0.1) is 17.5 Å². The smallest absolute Gasteiger partial charge is 0.407 e. The van der Waals surface area contributed by atoms with Crippen molar-refractivity contribution < 1.29 is 24.2 Å². The molecule has 2 amide bonds. The first-order valence-corrected chi connectivity index (χ1v) is 12.0. The fourth-order valence-corrected chi connectivity index (χ4v) is 5.68. The standard InChI is InChI=1S/C27H30N2O5/c30-23(28-26(16-24(31)32)11-5-6-12-26)15-27(13-14-27)29-25(33)34-17-22-20-9-3-1-7-18(20)19-8-2-4-10-21(19)22/h1-4,7-10,22H,5-6,11-17H2,(H,28,30)(H,29,33)(H,31,32). The van der Waals surface area contributed by atoms with Gasteiger partial charge in [0.1, 0.15) is 6.61 Å². The lowest BCUT2D eigenvalue weighted by Crippen LogP contribution is -2.50. The van der Waals surface area contributed by atoms with Crippen LogP contribution >= 0.6 is 0 Å². The van der Waals surface area contributed by atoms with Crippen LogP contribution in [0.5, 0.6) is 0 Å². The highest BCUT2D eigenvalue weighted by Crippen LogP contribution is 2.45. The molecular formula is C27H30N2O5.